The van der Waals surface area contributed by atoms with Gasteiger partial charge >= 0.3 is 18.4 Å². The Labute approximate surface area is 263 Å². The van der Waals surface area contributed by atoms with Gasteiger partial charge in [-0.15, -0.1) is 0 Å². The summed E-state index contributed by atoms with van der Waals surface area (Å²) < 4.78 is 86.5. The zero-order chi connectivity index (χ0) is 32.4. The van der Waals surface area contributed by atoms with Crippen molar-refractivity contribution in [2.45, 2.75) is 57.2 Å². The van der Waals surface area contributed by atoms with Crippen LogP contribution in [-0.2, 0) is 30.1 Å². The number of halogens is 7. The number of benzene rings is 3. The van der Waals surface area contributed by atoms with Gasteiger partial charge in [-0.25, -0.2) is 14.8 Å². The van der Waals surface area contributed by atoms with Gasteiger partial charge in [0.1, 0.15) is 6.61 Å². The first-order chi connectivity index (χ1) is 21.3. The number of alkyl halides is 6. The zero-order valence-corrected chi connectivity index (χ0v) is 25.4. The third kappa shape index (κ3) is 7.58. The third-order valence-corrected chi connectivity index (χ3v) is 8.12. The van der Waals surface area contributed by atoms with Crippen LogP contribution in [-0.4, -0.2) is 22.1 Å². The minimum atomic E-state index is -4.96. The number of para-hydroxylation sites is 1. The number of aromatic nitrogens is 2. The molecule has 4 aromatic rings. The van der Waals surface area contributed by atoms with Crippen molar-refractivity contribution in [2.75, 3.05) is 10.2 Å². The summed E-state index contributed by atoms with van der Waals surface area (Å²) in [5.74, 6) is 0.131. The highest BCUT2D eigenvalue weighted by Crippen LogP contribution is 2.41. The molecule has 1 amide bonds. The second kappa shape index (κ2) is 13.1. The molecular formula is C32H27BrF6N4O2. The van der Waals surface area contributed by atoms with Crippen LogP contribution in [0.15, 0.2) is 83.5 Å². The molecule has 0 aliphatic carbocycles. The molecule has 0 bridgehead atoms. The quantitative estimate of drug-likeness (QED) is 0.196. The number of carbonyl (C=O) groups excluding carboxylic acids is 1. The fraction of sp³-hybridized carbons (Fsp3) is 0.281. The largest absolute Gasteiger partial charge is 0.444 e. The van der Waals surface area contributed by atoms with Gasteiger partial charge in [-0.2, -0.15) is 26.3 Å². The molecule has 1 aliphatic heterocycles. The van der Waals surface area contributed by atoms with Crippen molar-refractivity contribution in [3.05, 3.63) is 117 Å². The number of nitrogens with one attached hydrogen (secondary N) is 1. The van der Waals surface area contributed by atoms with Gasteiger partial charge in [-0.3, -0.25) is 4.90 Å². The third-order valence-electron chi connectivity index (χ3n) is 7.46. The van der Waals surface area contributed by atoms with E-state index in [1.54, 1.807) is 4.90 Å². The van der Waals surface area contributed by atoms with E-state index in [-0.39, 0.29) is 48.4 Å². The normalized spacial score (nSPS) is 16.7. The Morgan fingerprint density at radius 3 is 2.24 bits per heavy atom. The summed E-state index contributed by atoms with van der Waals surface area (Å²) in [6.45, 7) is 2.06. The Morgan fingerprint density at radius 2 is 1.60 bits per heavy atom. The number of nitrogens with zero attached hydrogens (tertiary/aromatic N) is 3. The lowest BCUT2D eigenvalue weighted by molar-refractivity contribution is -0.143. The number of rotatable bonds is 7. The topological polar surface area (TPSA) is 67.4 Å². The van der Waals surface area contributed by atoms with Gasteiger partial charge in [0.25, 0.3) is 0 Å². The van der Waals surface area contributed by atoms with Crippen molar-refractivity contribution < 1.29 is 35.9 Å². The van der Waals surface area contributed by atoms with Crippen LogP contribution in [0.5, 0.6) is 0 Å². The molecule has 1 N–H and O–H groups in total. The fourth-order valence-corrected chi connectivity index (χ4v) is 5.62. The molecule has 2 atom stereocenters. The second-order valence-corrected chi connectivity index (χ2v) is 11.4. The standard InChI is InChI=1S/C32H27BrF6N4O2/c1-2-23-16-26(24-10-6-7-11-28(24)43(23)30(44)45-18-19-8-4-3-5-9-19)41-29-40-17-25(33)27(42-29)14-20-12-21(31(34,35)36)15-22(13-20)32(37,38)39/h3-13,15,17,23,26H,2,14,16,18H2,1H3,(H,40,41,42)/t23-,26+/m1/s1. The van der Waals surface area contributed by atoms with E-state index in [0.29, 0.717) is 35.1 Å². The molecule has 0 saturated heterocycles. The summed E-state index contributed by atoms with van der Waals surface area (Å²) in [5.41, 5.74) is -0.527. The smallest absolute Gasteiger partial charge is 0.416 e. The highest BCUT2D eigenvalue weighted by atomic mass is 79.9. The SMILES string of the molecule is CC[C@@H]1C[C@H](Nc2ncc(Br)c(Cc3cc(C(F)(F)F)cc(C(F)(F)F)c3)n2)c2ccccc2N1C(=O)OCc1ccccc1. The maximum Gasteiger partial charge on any atom is 0.416 e. The van der Waals surface area contributed by atoms with E-state index in [1.807, 2.05) is 61.5 Å². The number of ether oxygens (including phenoxy) is 1. The number of hydrogen-bond donors (Lipinski definition) is 1. The van der Waals surface area contributed by atoms with Crippen molar-refractivity contribution in [2.24, 2.45) is 0 Å². The average Bonchev–Trinajstić information content (AvgIpc) is 3.00. The minimum Gasteiger partial charge on any atom is -0.444 e. The summed E-state index contributed by atoms with van der Waals surface area (Å²) in [6.07, 6.45) is -8.26. The molecule has 5 rings (SSSR count). The van der Waals surface area contributed by atoms with Crippen LogP contribution in [0.3, 0.4) is 0 Å². The van der Waals surface area contributed by atoms with Crippen LogP contribution in [0.25, 0.3) is 0 Å². The van der Waals surface area contributed by atoms with E-state index in [9.17, 15) is 31.1 Å². The van der Waals surface area contributed by atoms with Gasteiger partial charge in [0, 0.05) is 18.7 Å². The minimum absolute atomic E-state index is 0.0942. The van der Waals surface area contributed by atoms with Crippen LogP contribution in [0.4, 0.5) is 42.8 Å². The highest BCUT2D eigenvalue weighted by Gasteiger charge is 2.38. The number of fused-ring (bicyclic) bond motifs is 1. The summed E-state index contributed by atoms with van der Waals surface area (Å²) >= 11 is 3.28. The molecule has 6 nitrogen and oxygen atoms in total. The molecule has 0 spiro atoms. The number of amides is 1. The first-order valence-corrected chi connectivity index (χ1v) is 14.8. The van der Waals surface area contributed by atoms with Crippen molar-refractivity contribution in [1.29, 1.82) is 0 Å². The van der Waals surface area contributed by atoms with Gasteiger partial charge in [0.2, 0.25) is 5.95 Å². The monoisotopic (exact) mass is 692 g/mol. The number of anilines is 2. The molecular weight excluding hydrogens is 666 g/mol. The maximum absolute atomic E-state index is 13.4. The number of carbonyl (C=O) groups is 1. The molecule has 236 valence electrons. The van der Waals surface area contributed by atoms with E-state index >= 15 is 0 Å². The lowest BCUT2D eigenvalue weighted by atomic mass is 9.90. The van der Waals surface area contributed by atoms with Crippen molar-refractivity contribution in [1.82, 2.24) is 9.97 Å². The molecule has 0 unspecified atom stereocenters. The Bertz CT molecular complexity index is 1630. The molecule has 2 heterocycles. The fourth-order valence-electron chi connectivity index (χ4n) is 5.29. The van der Waals surface area contributed by atoms with Crippen LogP contribution in [0, 0.1) is 0 Å². The molecule has 0 fully saturated rings. The molecule has 0 saturated carbocycles. The Morgan fingerprint density at radius 1 is 0.956 bits per heavy atom. The highest BCUT2D eigenvalue weighted by molar-refractivity contribution is 9.10. The first kappa shape index (κ1) is 32.3. The van der Waals surface area contributed by atoms with Crippen molar-refractivity contribution in [3.8, 4) is 0 Å². The van der Waals surface area contributed by atoms with Crippen LogP contribution >= 0.6 is 15.9 Å². The first-order valence-electron chi connectivity index (χ1n) is 14.0. The summed E-state index contributed by atoms with van der Waals surface area (Å²) in [5, 5.41) is 3.26. The van der Waals surface area contributed by atoms with E-state index in [0.717, 1.165) is 11.1 Å². The summed E-state index contributed by atoms with van der Waals surface area (Å²) in [7, 11) is 0. The van der Waals surface area contributed by atoms with Crippen LogP contribution < -0.4 is 10.2 Å². The average molecular weight is 693 g/mol. The molecule has 1 aromatic heterocycles. The van der Waals surface area contributed by atoms with E-state index in [1.165, 1.54) is 6.20 Å². The molecule has 0 radical (unpaired) electrons. The van der Waals surface area contributed by atoms with Crippen molar-refractivity contribution >= 4 is 33.7 Å². The molecule has 13 heteroatoms. The van der Waals surface area contributed by atoms with E-state index in [4.69, 9.17) is 4.74 Å². The molecule has 45 heavy (non-hydrogen) atoms. The Balaban J connectivity index is 1.40. The van der Waals surface area contributed by atoms with Gasteiger partial charge in [0.05, 0.1) is 33.0 Å². The van der Waals surface area contributed by atoms with Crippen LogP contribution in [0.2, 0.25) is 0 Å². The zero-order valence-electron chi connectivity index (χ0n) is 23.8. The predicted octanol–water partition coefficient (Wildman–Crippen LogP) is 9.35. The van der Waals surface area contributed by atoms with Gasteiger partial charge in [0.15, 0.2) is 0 Å². The lowest BCUT2D eigenvalue weighted by Gasteiger charge is -2.40. The van der Waals surface area contributed by atoms with Gasteiger partial charge in [-0.1, -0.05) is 55.5 Å². The lowest BCUT2D eigenvalue weighted by Crippen LogP contribution is -2.46. The Hall–Kier alpha value is -4.13. The maximum atomic E-state index is 13.4. The van der Waals surface area contributed by atoms with Gasteiger partial charge < -0.3 is 10.1 Å². The second-order valence-electron chi connectivity index (χ2n) is 10.5. The molecule has 3 aromatic carbocycles. The molecule has 1 aliphatic rings. The number of hydrogen-bond acceptors (Lipinski definition) is 5. The van der Waals surface area contributed by atoms with E-state index in [2.05, 4.69) is 31.2 Å². The van der Waals surface area contributed by atoms with Crippen LogP contribution in [0.1, 0.15) is 59.3 Å². The summed E-state index contributed by atoms with van der Waals surface area (Å²) in [4.78, 5) is 23.7. The Kier molecular flexibility index (Phi) is 9.38. The van der Waals surface area contributed by atoms with E-state index < -0.39 is 29.6 Å². The predicted molar refractivity (Wildman–Crippen MR) is 160 cm³/mol. The summed E-state index contributed by atoms with van der Waals surface area (Å²) in [6, 6.07) is 17.5. The van der Waals surface area contributed by atoms with Gasteiger partial charge in [-0.05, 0) is 69.7 Å². The van der Waals surface area contributed by atoms with Crippen molar-refractivity contribution in [3.63, 3.8) is 0 Å².